The van der Waals surface area contributed by atoms with E-state index < -0.39 is 5.97 Å². The Labute approximate surface area is 119 Å². The predicted octanol–water partition coefficient (Wildman–Crippen LogP) is 1.69. The molecule has 0 aliphatic carbocycles. The maximum Gasteiger partial charge on any atom is 0.328 e. The fourth-order valence-electron chi connectivity index (χ4n) is 2.00. The van der Waals surface area contributed by atoms with Gasteiger partial charge in [0.25, 0.3) is 0 Å². The molecule has 0 saturated heterocycles. The van der Waals surface area contributed by atoms with Crippen molar-refractivity contribution in [2.45, 2.75) is 26.9 Å². The molecule has 1 rings (SSSR count). The van der Waals surface area contributed by atoms with Crippen molar-refractivity contribution in [2.24, 2.45) is 7.05 Å². The van der Waals surface area contributed by atoms with E-state index in [-0.39, 0.29) is 6.10 Å². The first-order valence-corrected chi connectivity index (χ1v) is 6.60. The van der Waals surface area contributed by atoms with Gasteiger partial charge in [0.1, 0.15) is 5.82 Å². The van der Waals surface area contributed by atoms with Gasteiger partial charge in [-0.2, -0.15) is 5.10 Å². The normalized spacial score (nSPS) is 11.5. The van der Waals surface area contributed by atoms with Crippen LogP contribution in [0, 0.1) is 6.92 Å². The van der Waals surface area contributed by atoms with E-state index in [1.165, 1.54) is 0 Å². The van der Waals surface area contributed by atoms with E-state index in [9.17, 15) is 4.79 Å². The average molecular weight is 281 g/mol. The number of ether oxygens (including phenoxy) is 1. The summed E-state index contributed by atoms with van der Waals surface area (Å²) in [5.74, 6) is -0.0858. The number of nitrogens with zero attached hydrogens (tertiary/aromatic N) is 3. The quantitative estimate of drug-likeness (QED) is 0.770. The summed E-state index contributed by atoms with van der Waals surface area (Å²) >= 11 is 0. The Balaban J connectivity index is 2.89. The molecule has 0 aliphatic rings. The van der Waals surface area contributed by atoms with Crippen molar-refractivity contribution < 1.29 is 14.6 Å². The van der Waals surface area contributed by atoms with Crippen molar-refractivity contribution in [1.29, 1.82) is 0 Å². The predicted molar refractivity (Wildman–Crippen MR) is 79.0 cm³/mol. The maximum atomic E-state index is 10.7. The summed E-state index contributed by atoms with van der Waals surface area (Å²) in [6.45, 7) is 7.18. The number of carbonyl (C=O) groups is 1. The number of likely N-dealkylation sites (N-methyl/N-ethyl adjacent to an activating group) is 1. The van der Waals surface area contributed by atoms with Crippen molar-refractivity contribution in [3.8, 4) is 0 Å². The molecule has 0 bridgehead atoms. The standard InChI is InChI=1S/C14H23N3O3/c1-10(2)20-9-8-16(4)14-12(6-7-13(18)19)11(3)15-17(14)5/h6-7,10H,8-9H2,1-5H3,(H,18,19)/b7-6+. The lowest BCUT2D eigenvalue weighted by Crippen LogP contribution is -2.26. The molecule has 0 amide bonds. The largest absolute Gasteiger partial charge is 0.478 e. The Hall–Kier alpha value is -1.82. The minimum atomic E-state index is -0.968. The fraction of sp³-hybridized carbons (Fsp3) is 0.571. The summed E-state index contributed by atoms with van der Waals surface area (Å²) in [4.78, 5) is 12.7. The van der Waals surface area contributed by atoms with E-state index in [1.807, 2.05) is 39.8 Å². The number of hydrogen-bond acceptors (Lipinski definition) is 4. The second-order valence-corrected chi connectivity index (χ2v) is 4.96. The van der Waals surface area contributed by atoms with Crippen LogP contribution in [0.4, 0.5) is 5.82 Å². The Bertz CT molecular complexity index is 492. The molecular weight excluding hydrogens is 258 g/mol. The number of rotatable bonds is 7. The molecule has 0 aromatic carbocycles. The summed E-state index contributed by atoms with van der Waals surface area (Å²) < 4.78 is 7.29. The molecule has 0 unspecified atom stereocenters. The van der Waals surface area contributed by atoms with Gasteiger partial charge >= 0.3 is 5.97 Å². The second kappa shape index (κ2) is 7.09. The zero-order chi connectivity index (χ0) is 15.3. The Kier molecular flexibility index (Phi) is 5.76. The zero-order valence-corrected chi connectivity index (χ0v) is 12.8. The Morgan fingerprint density at radius 2 is 2.20 bits per heavy atom. The first-order valence-electron chi connectivity index (χ1n) is 6.60. The summed E-state index contributed by atoms with van der Waals surface area (Å²) in [7, 11) is 3.79. The van der Waals surface area contributed by atoms with Crippen LogP contribution in [0.1, 0.15) is 25.1 Å². The molecule has 1 aromatic heterocycles. The van der Waals surface area contributed by atoms with E-state index in [2.05, 4.69) is 5.10 Å². The first-order chi connectivity index (χ1) is 9.32. The molecule has 1 N–H and O–H groups in total. The van der Waals surface area contributed by atoms with Gasteiger partial charge in [-0.05, 0) is 26.8 Å². The van der Waals surface area contributed by atoms with Crippen LogP contribution in [0.15, 0.2) is 6.08 Å². The molecule has 0 radical (unpaired) electrons. The van der Waals surface area contributed by atoms with Crippen LogP contribution < -0.4 is 4.90 Å². The molecule has 6 heteroatoms. The highest BCUT2D eigenvalue weighted by Gasteiger charge is 2.15. The van der Waals surface area contributed by atoms with Gasteiger partial charge in [-0.25, -0.2) is 4.79 Å². The van der Waals surface area contributed by atoms with Crippen molar-refractivity contribution in [2.75, 3.05) is 25.1 Å². The highest BCUT2D eigenvalue weighted by atomic mass is 16.5. The van der Waals surface area contributed by atoms with Crippen molar-refractivity contribution >= 4 is 17.9 Å². The third-order valence-electron chi connectivity index (χ3n) is 2.87. The van der Waals surface area contributed by atoms with Crippen LogP contribution in [0.25, 0.3) is 6.08 Å². The van der Waals surface area contributed by atoms with Gasteiger partial charge in [-0.15, -0.1) is 0 Å². The van der Waals surface area contributed by atoms with E-state index >= 15 is 0 Å². The lowest BCUT2D eigenvalue weighted by molar-refractivity contribution is -0.131. The number of carboxylic acid groups (broad SMARTS) is 1. The number of carboxylic acids is 1. The molecule has 1 aromatic rings. The third-order valence-corrected chi connectivity index (χ3v) is 2.87. The second-order valence-electron chi connectivity index (χ2n) is 4.96. The summed E-state index contributed by atoms with van der Waals surface area (Å²) in [6, 6.07) is 0. The average Bonchev–Trinajstić information content (AvgIpc) is 2.60. The van der Waals surface area contributed by atoms with Crippen LogP contribution in [0.2, 0.25) is 0 Å². The number of hydrogen-bond donors (Lipinski definition) is 1. The number of aliphatic carboxylic acids is 1. The number of anilines is 1. The van der Waals surface area contributed by atoms with Crippen LogP contribution in [-0.4, -0.2) is 47.2 Å². The highest BCUT2D eigenvalue weighted by Crippen LogP contribution is 2.23. The van der Waals surface area contributed by atoms with E-state index in [1.54, 1.807) is 10.8 Å². The monoisotopic (exact) mass is 281 g/mol. The van der Waals surface area contributed by atoms with Crippen LogP contribution >= 0.6 is 0 Å². The van der Waals surface area contributed by atoms with Crippen molar-refractivity contribution in [1.82, 2.24) is 9.78 Å². The molecule has 0 atom stereocenters. The topological polar surface area (TPSA) is 67.6 Å². The van der Waals surface area contributed by atoms with Gasteiger partial charge in [0.2, 0.25) is 0 Å². The van der Waals surface area contributed by atoms with Crippen LogP contribution in [-0.2, 0) is 16.6 Å². The molecule has 20 heavy (non-hydrogen) atoms. The van der Waals surface area contributed by atoms with Crippen LogP contribution in [0.5, 0.6) is 0 Å². The van der Waals surface area contributed by atoms with Gasteiger partial charge in [0, 0.05) is 32.3 Å². The molecule has 112 valence electrons. The Morgan fingerprint density at radius 3 is 2.75 bits per heavy atom. The molecule has 0 saturated carbocycles. The molecule has 1 heterocycles. The van der Waals surface area contributed by atoms with Crippen LogP contribution in [0.3, 0.4) is 0 Å². The van der Waals surface area contributed by atoms with Crippen molar-refractivity contribution in [3.05, 3.63) is 17.3 Å². The summed E-state index contributed by atoms with van der Waals surface area (Å²) in [5.41, 5.74) is 1.62. The van der Waals surface area contributed by atoms with E-state index in [0.717, 1.165) is 23.2 Å². The third kappa shape index (κ3) is 4.38. The van der Waals surface area contributed by atoms with Gasteiger partial charge in [0.15, 0.2) is 0 Å². The zero-order valence-electron chi connectivity index (χ0n) is 12.8. The molecular formula is C14H23N3O3. The van der Waals surface area contributed by atoms with Gasteiger partial charge in [-0.3, -0.25) is 4.68 Å². The number of aryl methyl sites for hydroxylation is 2. The summed E-state index contributed by atoms with van der Waals surface area (Å²) in [6.07, 6.45) is 2.91. The van der Waals surface area contributed by atoms with Gasteiger partial charge in [0.05, 0.1) is 18.4 Å². The maximum absolute atomic E-state index is 10.7. The highest BCUT2D eigenvalue weighted by molar-refractivity contribution is 5.87. The number of aromatic nitrogens is 2. The minimum absolute atomic E-state index is 0.197. The first kappa shape index (κ1) is 16.2. The van der Waals surface area contributed by atoms with Gasteiger partial charge < -0.3 is 14.7 Å². The lowest BCUT2D eigenvalue weighted by atomic mass is 10.2. The van der Waals surface area contributed by atoms with Crippen molar-refractivity contribution in [3.63, 3.8) is 0 Å². The van der Waals surface area contributed by atoms with E-state index in [4.69, 9.17) is 9.84 Å². The molecule has 0 spiro atoms. The molecule has 0 aliphatic heterocycles. The molecule has 0 fully saturated rings. The lowest BCUT2D eigenvalue weighted by Gasteiger charge is -2.21. The van der Waals surface area contributed by atoms with Gasteiger partial charge in [-0.1, -0.05) is 0 Å². The summed E-state index contributed by atoms with van der Waals surface area (Å²) in [5, 5.41) is 13.1. The fourth-order valence-corrected chi connectivity index (χ4v) is 2.00. The van der Waals surface area contributed by atoms with E-state index in [0.29, 0.717) is 13.2 Å². The SMILES string of the molecule is Cc1nn(C)c(N(C)CCOC(C)C)c1/C=C/C(=O)O. The molecule has 6 nitrogen and oxygen atoms in total. The minimum Gasteiger partial charge on any atom is -0.478 e. The smallest absolute Gasteiger partial charge is 0.328 e. The Morgan fingerprint density at radius 1 is 1.55 bits per heavy atom.